The van der Waals surface area contributed by atoms with Crippen LogP contribution in [0.5, 0.6) is 0 Å². The molecule has 2 aromatic heterocycles. The molecular weight excluding hydrogens is 350 g/mol. The van der Waals surface area contributed by atoms with E-state index in [1.807, 2.05) is 13.8 Å². The van der Waals surface area contributed by atoms with Crippen molar-refractivity contribution < 1.29 is 18.7 Å². The molecule has 3 aromatic rings. The van der Waals surface area contributed by atoms with Crippen LogP contribution in [-0.4, -0.2) is 27.8 Å². The van der Waals surface area contributed by atoms with Crippen LogP contribution in [0, 0.1) is 0 Å². The minimum atomic E-state index is -1.09. The van der Waals surface area contributed by atoms with Gasteiger partial charge in [0, 0.05) is 18.2 Å². The first-order valence-electron chi connectivity index (χ1n) is 8.45. The minimum absolute atomic E-state index is 0.0556. The van der Waals surface area contributed by atoms with E-state index in [1.165, 1.54) is 6.92 Å². The van der Waals surface area contributed by atoms with E-state index < -0.39 is 18.0 Å². The zero-order chi connectivity index (χ0) is 19.6. The maximum absolute atomic E-state index is 12.3. The Kier molecular flexibility index (Phi) is 5.07. The topological polar surface area (TPSA) is 103 Å². The van der Waals surface area contributed by atoms with Crippen LogP contribution in [0.3, 0.4) is 0 Å². The first-order valence-corrected chi connectivity index (χ1v) is 8.45. The lowest BCUT2D eigenvalue weighted by Crippen LogP contribution is -2.31. The number of anilines is 1. The number of carbonyl (C=O) groups is 2. The minimum Gasteiger partial charge on any atom is -0.449 e. The highest BCUT2D eigenvalue weighted by Gasteiger charge is 2.22. The summed E-state index contributed by atoms with van der Waals surface area (Å²) in [6, 6.07) is 9.33. The summed E-state index contributed by atoms with van der Waals surface area (Å²) in [5.74, 6) is -1.17. The first-order chi connectivity index (χ1) is 12.9. The number of esters is 1. The van der Waals surface area contributed by atoms with Gasteiger partial charge in [-0.05, 0) is 32.9 Å². The van der Waals surface area contributed by atoms with Crippen molar-refractivity contribution in [1.29, 1.82) is 0 Å². The van der Waals surface area contributed by atoms with Gasteiger partial charge in [0.15, 0.2) is 11.5 Å². The largest absolute Gasteiger partial charge is 0.449 e. The molecule has 1 aromatic carbocycles. The SMILES string of the molecule is CC(C)n1nccc1NC(=O)[C@@H](C)OC(=O)c1cc(=O)c2ccccc2o1. The lowest BCUT2D eigenvalue weighted by Gasteiger charge is -2.15. The van der Waals surface area contributed by atoms with Gasteiger partial charge < -0.3 is 14.5 Å². The molecule has 0 radical (unpaired) electrons. The second-order valence-corrected chi connectivity index (χ2v) is 6.26. The van der Waals surface area contributed by atoms with Gasteiger partial charge in [-0.2, -0.15) is 5.10 Å². The average molecular weight is 369 g/mol. The van der Waals surface area contributed by atoms with Crippen LogP contribution in [0.25, 0.3) is 11.0 Å². The molecule has 27 heavy (non-hydrogen) atoms. The van der Waals surface area contributed by atoms with E-state index in [0.717, 1.165) is 6.07 Å². The summed E-state index contributed by atoms with van der Waals surface area (Å²) in [7, 11) is 0. The third kappa shape index (κ3) is 3.89. The molecule has 2 heterocycles. The molecule has 1 atom stereocenters. The van der Waals surface area contributed by atoms with Crippen molar-refractivity contribution in [1.82, 2.24) is 9.78 Å². The number of hydrogen-bond acceptors (Lipinski definition) is 6. The van der Waals surface area contributed by atoms with Gasteiger partial charge in [0.05, 0.1) is 11.6 Å². The highest BCUT2D eigenvalue weighted by molar-refractivity contribution is 5.96. The van der Waals surface area contributed by atoms with E-state index in [4.69, 9.17) is 9.15 Å². The second kappa shape index (κ2) is 7.45. The summed E-state index contributed by atoms with van der Waals surface area (Å²) in [5.41, 5.74) is -0.0865. The molecule has 0 bridgehead atoms. The summed E-state index contributed by atoms with van der Waals surface area (Å²) in [5, 5.41) is 7.14. The van der Waals surface area contributed by atoms with Crippen LogP contribution in [0.2, 0.25) is 0 Å². The Balaban J connectivity index is 1.72. The molecule has 0 aliphatic carbocycles. The highest BCUT2D eigenvalue weighted by Crippen LogP contribution is 2.15. The zero-order valence-corrected chi connectivity index (χ0v) is 15.1. The monoisotopic (exact) mass is 369 g/mol. The first kappa shape index (κ1) is 18.4. The Morgan fingerprint density at radius 2 is 1.93 bits per heavy atom. The zero-order valence-electron chi connectivity index (χ0n) is 15.1. The molecule has 8 nitrogen and oxygen atoms in total. The summed E-state index contributed by atoms with van der Waals surface area (Å²) in [6.07, 6.45) is 0.473. The fraction of sp³-hybridized carbons (Fsp3) is 0.263. The third-order valence-electron chi connectivity index (χ3n) is 3.90. The van der Waals surface area contributed by atoms with Crippen LogP contribution in [0.15, 0.2) is 51.8 Å². The van der Waals surface area contributed by atoms with Gasteiger partial charge in [-0.15, -0.1) is 0 Å². The standard InChI is InChI=1S/C19H19N3O5/c1-11(2)22-17(8-9-20-22)21-18(24)12(3)26-19(25)16-10-14(23)13-6-4-5-7-15(13)27-16/h4-12H,1-3H3,(H,21,24)/t12-/m1/s1. The van der Waals surface area contributed by atoms with Crippen molar-refractivity contribution >= 4 is 28.7 Å². The molecule has 0 fully saturated rings. The van der Waals surface area contributed by atoms with Crippen LogP contribution < -0.4 is 10.7 Å². The quantitative estimate of drug-likeness (QED) is 0.694. The molecule has 0 spiro atoms. The van der Waals surface area contributed by atoms with Crippen LogP contribution in [0.1, 0.15) is 37.4 Å². The third-order valence-corrected chi connectivity index (χ3v) is 3.90. The Morgan fingerprint density at radius 1 is 1.19 bits per heavy atom. The maximum atomic E-state index is 12.3. The molecule has 3 rings (SSSR count). The number of fused-ring (bicyclic) bond motifs is 1. The van der Waals surface area contributed by atoms with Gasteiger partial charge in [0.25, 0.3) is 5.91 Å². The Morgan fingerprint density at radius 3 is 2.67 bits per heavy atom. The number of para-hydroxylation sites is 1. The molecular formula is C19H19N3O5. The molecule has 8 heteroatoms. The Labute approximate surface area is 154 Å². The van der Waals surface area contributed by atoms with E-state index in [0.29, 0.717) is 11.2 Å². The van der Waals surface area contributed by atoms with Crippen molar-refractivity contribution in [3.8, 4) is 0 Å². The van der Waals surface area contributed by atoms with Gasteiger partial charge in [-0.25, -0.2) is 9.48 Å². The van der Waals surface area contributed by atoms with Crippen molar-refractivity contribution in [2.75, 3.05) is 5.32 Å². The van der Waals surface area contributed by atoms with E-state index in [2.05, 4.69) is 10.4 Å². The van der Waals surface area contributed by atoms with Crippen molar-refractivity contribution in [2.24, 2.45) is 0 Å². The molecule has 0 saturated heterocycles. The van der Waals surface area contributed by atoms with E-state index in [9.17, 15) is 14.4 Å². The van der Waals surface area contributed by atoms with Crippen LogP contribution in [-0.2, 0) is 9.53 Å². The summed E-state index contributed by atoms with van der Waals surface area (Å²) in [4.78, 5) is 36.7. The predicted octanol–water partition coefficient (Wildman–Crippen LogP) is 2.75. The van der Waals surface area contributed by atoms with Crippen molar-refractivity contribution in [2.45, 2.75) is 32.9 Å². The lowest BCUT2D eigenvalue weighted by atomic mass is 10.2. The number of ether oxygens (including phenoxy) is 1. The highest BCUT2D eigenvalue weighted by atomic mass is 16.6. The molecule has 0 unspecified atom stereocenters. The predicted molar refractivity (Wildman–Crippen MR) is 98.6 cm³/mol. The van der Waals surface area contributed by atoms with Gasteiger partial charge in [-0.3, -0.25) is 9.59 Å². The number of nitrogens with zero attached hydrogens (tertiary/aromatic N) is 2. The van der Waals surface area contributed by atoms with E-state index in [1.54, 1.807) is 41.2 Å². The van der Waals surface area contributed by atoms with Gasteiger partial charge in [0.1, 0.15) is 11.4 Å². The number of hydrogen-bond donors (Lipinski definition) is 1. The molecule has 1 N–H and O–H groups in total. The molecule has 140 valence electrons. The maximum Gasteiger partial charge on any atom is 0.375 e. The molecule has 1 amide bonds. The number of carbonyl (C=O) groups excluding carboxylic acids is 2. The number of amides is 1. The summed E-state index contributed by atoms with van der Waals surface area (Å²) >= 11 is 0. The Bertz CT molecular complexity index is 1050. The van der Waals surface area contributed by atoms with Crippen LogP contribution >= 0.6 is 0 Å². The smallest absolute Gasteiger partial charge is 0.375 e. The van der Waals surface area contributed by atoms with Crippen molar-refractivity contribution in [3.63, 3.8) is 0 Å². The van der Waals surface area contributed by atoms with Gasteiger partial charge in [-0.1, -0.05) is 12.1 Å². The summed E-state index contributed by atoms with van der Waals surface area (Å²) in [6.45, 7) is 5.28. The fourth-order valence-corrected chi connectivity index (χ4v) is 2.53. The Hall–Kier alpha value is -3.42. The molecule has 0 saturated carbocycles. The number of nitrogens with one attached hydrogen (secondary N) is 1. The molecule has 0 aliphatic rings. The number of aromatic nitrogens is 2. The summed E-state index contributed by atoms with van der Waals surface area (Å²) < 4.78 is 12.2. The second-order valence-electron chi connectivity index (χ2n) is 6.26. The van der Waals surface area contributed by atoms with Gasteiger partial charge >= 0.3 is 5.97 Å². The van der Waals surface area contributed by atoms with Crippen molar-refractivity contribution in [3.05, 3.63) is 58.6 Å². The van der Waals surface area contributed by atoms with Gasteiger partial charge in [0.2, 0.25) is 5.76 Å². The normalized spacial score (nSPS) is 12.1. The average Bonchev–Trinajstić information content (AvgIpc) is 3.10. The number of benzene rings is 1. The lowest BCUT2D eigenvalue weighted by molar-refractivity contribution is -0.123. The number of rotatable bonds is 5. The molecule has 0 aliphatic heterocycles. The van der Waals surface area contributed by atoms with E-state index >= 15 is 0 Å². The van der Waals surface area contributed by atoms with Crippen LogP contribution in [0.4, 0.5) is 5.82 Å². The van der Waals surface area contributed by atoms with E-state index in [-0.39, 0.29) is 22.8 Å². The fourth-order valence-electron chi connectivity index (χ4n) is 2.53.